The Bertz CT molecular complexity index is 504. The Hall–Kier alpha value is -2.24. The molecule has 1 heterocycles. The maximum atomic E-state index is 12.0. The molecule has 1 fully saturated rings. The highest BCUT2D eigenvalue weighted by atomic mass is 16.5. The number of hydrogen-bond acceptors (Lipinski definition) is 4. The van der Waals surface area contributed by atoms with Crippen molar-refractivity contribution in [2.24, 2.45) is 5.92 Å². The van der Waals surface area contributed by atoms with Crippen molar-refractivity contribution < 1.29 is 19.4 Å². The van der Waals surface area contributed by atoms with Crippen LogP contribution in [0.3, 0.4) is 0 Å². The number of nitrogens with zero attached hydrogens (tertiary/aromatic N) is 1. The van der Waals surface area contributed by atoms with E-state index in [2.05, 4.69) is 5.32 Å². The Kier molecular flexibility index (Phi) is 4.45. The summed E-state index contributed by atoms with van der Waals surface area (Å²) in [5, 5.41) is 11.9. The van der Waals surface area contributed by atoms with Crippen LogP contribution in [0.1, 0.15) is 6.42 Å². The molecule has 0 bridgehead atoms. The average Bonchev–Trinajstić information content (AvgIpc) is 2.95. The third kappa shape index (κ3) is 3.20. The smallest absolute Gasteiger partial charge is 0.308 e. The first-order valence-electron chi connectivity index (χ1n) is 6.49. The summed E-state index contributed by atoms with van der Waals surface area (Å²) in [7, 11) is 1.57. The highest BCUT2D eigenvalue weighted by Gasteiger charge is 2.30. The molecular formula is C14H18N2O4. The van der Waals surface area contributed by atoms with E-state index in [-0.39, 0.29) is 12.5 Å². The van der Waals surface area contributed by atoms with E-state index in [1.54, 1.807) is 12.0 Å². The van der Waals surface area contributed by atoms with E-state index in [0.29, 0.717) is 25.3 Å². The van der Waals surface area contributed by atoms with Gasteiger partial charge in [-0.1, -0.05) is 12.1 Å². The Labute approximate surface area is 117 Å². The monoisotopic (exact) mass is 278 g/mol. The number of benzene rings is 1. The number of carboxylic acid groups (broad SMARTS) is 1. The molecule has 1 aromatic rings. The van der Waals surface area contributed by atoms with Crippen LogP contribution in [0.25, 0.3) is 0 Å². The van der Waals surface area contributed by atoms with E-state index in [1.165, 1.54) is 0 Å². The number of likely N-dealkylation sites (tertiary alicyclic amines) is 1. The van der Waals surface area contributed by atoms with Crippen LogP contribution in [0.4, 0.5) is 5.69 Å². The number of para-hydroxylation sites is 2. The summed E-state index contributed by atoms with van der Waals surface area (Å²) in [5.41, 5.74) is 0.748. The van der Waals surface area contributed by atoms with Crippen molar-refractivity contribution in [3.63, 3.8) is 0 Å². The highest BCUT2D eigenvalue weighted by Crippen LogP contribution is 2.23. The Morgan fingerprint density at radius 2 is 2.20 bits per heavy atom. The minimum absolute atomic E-state index is 0.0975. The molecule has 1 aliphatic rings. The topological polar surface area (TPSA) is 78.9 Å². The summed E-state index contributed by atoms with van der Waals surface area (Å²) in [6.07, 6.45) is 0.524. The second kappa shape index (κ2) is 6.27. The van der Waals surface area contributed by atoms with Gasteiger partial charge in [0.25, 0.3) is 0 Å². The maximum absolute atomic E-state index is 12.0. The van der Waals surface area contributed by atoms with Crippen molar-refractivity contribution in [1.29, 1.82) is 0 Å². The molecule has 1 aromatic carbocycles. The quantitative estimate of drug-likeness (QED) is 0.841. The van der Waals surface area contributed by atoms with Crippen molar-refractivity contribution in [3.8, 4) is 5.75 Å². The molecule has 0 radical (unpaired) electrons. The number of carbonyl (C=O) groups excluding carboxylic acids is 1. The zero-order valence-corrected chi connectivity index (χ0v) is 11.3. The molecule has 1 saturated heterocycles. The summed E-state index contributed by atoms with van der Waals surface area (Å²) < 4.78 is 5.19. The lowest BCUT2D eigenvalue weighted by Crippen LogP contribution is -2.34. The lowest BCUT2D eigenvalue weighted by Gasteiger charge is -2.17. The molecule has 108 valence electrons. The predicted molar refractivity (Wildman–Crippen MR) is 73.8 cm³/mol. The number of carboxylic acids is 1. The first kappa shape index (κ1) is 14.2. The van der Waals surface area contributed by atoms with Crippen molar-refractivity contribution in [3.05, 3.63) is 24.3 Å². The third-order valence-electron chi connectivity index (χ3n) is 3.43. The van der Waals surface area contributed by atoms with Crippen molar-refractivity contribution in [2.75, 3.05) is 32.1 Å². The van der Waals surface area contributed by atoms with E-state index in [9.17, 15) is 9.59 Å². The number of methoxy groups -OCH3 is 1. The summed E-state index contributed by atoms with van der Waals surface area (Å²) in [6, 6.07) is 7.34. The number of aliphatic carboxylic acids is 1. The zero-order valence-electron chi connectivity index (χ0n) is 11.3. The average molecular weight is 278 g/mol. The number of amides is 1. The number of nitrogens with one attached hydrogen (secondary N) is 1. The molecule has 1 aliphatic heterocycles. The lowest BCUT2D eigenvalue weighted by molar-refractivity contribution is -0.141. The van der Waals surface area contributed by atoms with Gasteiger partial charge >= 0.3 is 5.97 Å². The SMILES string of the molecule is COc1ccccc1NCC(=O)N1CCC(C(=O)O)C1. The highest BCUT2D eigenvalue weighted by molar-refractivity contribution is 5.83. The van der Waals surface area contributed by atoms with Crippen LogP contribution in [0.2, 0.25) is 0 Å². The van der Waals surface area contributed by atoms with Gasteiger partial charge in [0.1, 0.15) is 5.75 Å². The minimum atomic E-state index is -0.835. The van der Waals surface area contributed by atoms with Crippen LogP contribution in [-0.4, -0.2) is 48.6 Å². The molecule has 1 amide bonds. The van der Waals surface area contributed by atoms with E-state index in [0.717, 1.165) is 5.69 Å². The van der Waals surface area contributed by atoms with Gasteiger partial charge in [0.15, 0.2) is 0 Å². The Morgan fingerprint density at radius 3 is 2.85 bits per heavy atom. The van der Waals surface area contributed by atoms with Gasteiger partial charge in [-0.25, -0.2) is 0 Å². The standard InChI is InChI=1S/C14H18N2O4/c1-20-12-5-3-2-4-11(12)15-8-13(17)16-7-6-10(9-16)14(18)19/h2-5,10,15H,6-9H2,1H3,(H,18,19). The second-order valence-electron chi connectivity index (χ2n) is 4.72. The Morgan fingerprint density at radius 1 is 1.45 bits per heavy atom. The molecule has 0 aliphatic carbocycles. The molecule has 1 atom stereocenters. The first-order chi connectivity index (χ1) is 9.61. The van der Waals surface area contributed by atoms with E-state index < -0.39 is 11.9 Å². The third-order valence-corrected chi connectivity index (χ3v) is 3.43. The fourth-order valence-corrected chi connectivity index (χ4v) is 2.26. The molecule has 6 heteroatoms. The largest absolute Gasteiger partial charge is 0.495 e. The molecule has 2 rings (SSSR count). The number of hydrogen-bond donors (Lipinski definition) is 2. The first-order valence-corrected chi connectivity index (χ1v) is 6.49. The Balaban J connectivity index is 1.88. The second-order valence-corrected chi connectivity index (χ2v) is 4.72. The van der Waals surface area contributed by atoms with Crippen LogP contribution in [0.15, 0.2) is 24.3 Å². The van der Waals surface area contributed by atoms with E-state index in [1.807, 2.05) is 24.3 Å². The molecule has 6 nitrogen and oxygen atoms in total. The van der Waals surface area contributed by atoms with Gasteiger partial charge in [0, 0.05) is 13.1 Å². The lowest BCUT2D eigenvalue weighted by atomic mass is 10.1. The number of anilines is 1. The zero-order chi connectivity index (χ0) is 14.5. The van der Waals surface area contributed by atoms with Crippen LogP contribution in [0.5, 0.6) is 5.75 Å². The maximum Gasteiger partial charge on any atom is 0.308 e. The normalized spacial score (nSPS) is 17.9. The minimum Gasteiger partial charge on any atom is -0.495 e. The summed E-state index contributed by atoms with van der Waals surface area (Å²) >= 11 is 0. The number of ether oxygens (including phenoxy) is 1. The van der Waals surface area contributed by atoms with E-state index in [4.69, 9.17) is 9.84 Å². The van der Waals surface area contributed by atoms with Crippen LogP contribution < -0.4 is 10.1 Å². The summed E-state index contributed by atoms with van der Waals surface area (Å²) in [4.78, 5) is 24.5. The fraction of sp³-hybridized carbons (Fsp3) is 0.429. The van der Waals surface area contributed by atoms with Gasteiger partial charge in [-0.3, -0.25) is 9.59 Å². The molecule has 0 spiro atoms. The van der Waals surface area contributed by atoms with Gasteiger partial charge < -0.3 is 20.1 Å². The summed E-state index contributed by atoms with van der Waals surface area (Å²) in [6.45, 7) is 0.928. The van der Waals surface area contributed by atoms with E-state index >= 15 is 0 Å². The van der Waals surface area contributed by atoms with Gasteiger partial charge in [-0.05, 0) is 18.6 Å². The molecule has 20 heavy (non-hydrogen) atoms. The molecule has 0 saturated carbocycles. The predicted octanol–water partition coefficient (Wildman–Crippen LogP) is 1.04. The fourth-order valence-electron chi connectivity index (χ4n) is 2.26. The number of carbonyl (C=O) groups is 2. The molecule has 2 N–H and O–H groups in total. The van der Waals surface area contributed by atoms with Crippen molar-refractivity contribution >= 4 is 17.6 Å². The van der Waals surface area contributed by atoms with Crippen molar-refractivity contribution in [2.45, 2.75) is 6.42 Å². The van der Waals surface area contributed by atoms with Gasteiger partial charge in [-0.2, -0.15) is 0 Å². The van der Waals surface area contributed by atoms with Crippen LogP contribution >= 0.6 is 0 Å². The number of rotatable bonds is 5. The van der Waals surface area contributed by atoms with Gasteiger partial charge in [-0.15, -0.1) is 0 Å². The molecule has 0 aromatic heterocycles. The van der Waals surface area contributed by atoms with Crippen molar-refractivity contribution in [1.82, 2.24) is 4.90 Å². The van der Waals surface area contributed by atoms with Crippen LogP contribution in [-0.2, 0) is 9.59 Å². The van der Waals surface area contributed by atoms with Gasteiger partial charge in [0.2, 0.25) is 5.91 Å². The summed E-state index contributed by atoms with van der Waals surface area (Å²) in [5.74, 6) is -0.701. The molecule has 1 unspecified atom stereocenters. The van der Waals surface area contributed by atoms with Crippen LogP contribution in [0, 0.1) is 5.92 Å². The van der Waals surface area contributed by atoms with Gasteiger partial charge in [0.05, 0.1) is 25.3 Å². The molecular weight excluding hydrogens is 260 g/mol.